The summed E-state index contributed by atoms with van der Waals surface area (Å²) in [6.45, 7) is 2.64. The molecule has 1 unspecified atom stereocenters. The molecule has 0 aliphatic rings. The third-order valence-corrected chi connectivity index (χ3v) is 2.37. The van der Waals surface area contributed by atoms with E-state index < -0.39 is 0 Å². The Morgan fingerprint density at radius 2 is 1.94 bits per heavy atom. The van der Waals surface area contributed by atoms with Crippen LogP contribution in [0.3, 0.4) is 0 Å². The van der Waals surface area contributed by atoms with Crippen molar-refractivity contribution in [1.82, 2.24) is 5.32 Å². The summed E-state index contributed by atoms with van der Waals surface area (Å²) in [7, 11) is 3.23. The van der Waals surface area contributed by atoms with Crippen molar-refractivity contribution in [3.63, 3.8) is 0 Å². The summed E-state index contributed by atoms with van der Waals surface area (Å²) in [5, 5.41) is 5.86. The van der Waals surface area contributed by atoms with Gasteiger partial charge in [0.15, 0.2) is 0 Å². The minimum atomic E-state index is -0.0598. The van der Waals surface area contributed by atoms with E-state index in [4.69, 9.17) is 9.47 Å². The molecular weight excluding hydrogens is 232 g/mol. The maximum atomic E-state index is 11.6. The zero-order valence-corrected chi connectivity index (χ0v) is 11.0. The zero-order valence-electron chi connectivity index (χ0n) is 11.0. The van der Waals surface area contributed by atoms with Gasteiger partial charge in [0.2, 0.25) is 5.91 Å². The Labute approximate surface area is 107 Å². The van der Waals surface area contributed by atoms with Gasteiger partial charge >= 0.3 is 0 Å². The van der Waals surface area contributed by atoms with Crippen molar-refractivity contribution in [2.45, 2.75) is 13.0 Å². The topological polar surface area (TPSA) is 59.6 Å². The van der Waals surface area contributed by atoms with E-state index in [0.29, 0.717) is 6.61 Å². The molecule has 18 heavy (non-hydrogen) atoms. The highest BCUT2D eigenvalue weighted by molar-refractivity contribution is 5.80. The standard InChI is InChI=1S/C13H20N2O3/c1-10(9-17-2)15-13(16)8-14-11-4-6-12(18-3)7-5-11/h4-7,10,14H,8-9H2,1-3H3,(H,15,16). The number of ether oxygens (including phenoxy) is 2. The van der Waals surface area contributed by atoms with Crippen LogP contribution in [-0.4, -0.2) is 39.3 Å². The number of anilines is 1. The van der Waals surface area contributed by atoms with Crippen molar-refractivity contribution in [2.24, 2.45) is 0 Å². The first-order valence-corrected chi connectivity index (χ1v) is 5.82. The van der Waals surface area contributed by atoms with E-state index in [1.54, 1.807) is 14.2 Å². The van der Waals surface area contributed by atoms with Crippen LogP contribution < -0.4 is 15.4 Å². The molecular formula is C13H20N2O3. The number of nitrogens with one attached hydrogen (secondary N) is 2. The van der Waals surface area contributed by atoms with Gasteiger partial charge in [0.25, 0.3) is 0 Å². The lowest BCUT2D eigenvalue weighted by Gasteiger charge is -2.13. The Morgan fingerprint density at radius 1 is 1.28 bits per heavy atom. The van der Waals surface area contributed by atoms with Crippen LogP contribution in [0.25, 0.3) is 0 Å². The van der Waals surface area contributed by atoms with Gasteiger partial charge in [-0.05, 0) is 31.2 Å². The van der Waals surface area contributed by atoms with Gasteiger partial charge in [0.1, 0.15) is 5.75 Å². The second-order valence-electron chi connectivity index (χ2n) is 4.01. The van der Waals surface area contributed by atoms with E-state index in [0.717, 1.165) is 11.4 Å². The number of methoxy groups -OCH3 is 2. The van der Waals surface area contributed by atoms with Gasteiger partial charge in [0, 0.05) is 18.8 Å². The van der Waals surface area contributed by atoms with E-state index in [9.17, 15) is 4.79 Å². The Balaban J connectivity index is 2.33. The Bertz CT molecular complexity index is 365. The maximum Gasteiger partial charge on any atom is 0.239 e. The molecule has 0 bridgehead atoms. The Morgan fingerprint density at radius 3 is 2.50 bits per heavy atom. The maximum absolute atomic E-state index is 11.6. The van der Waals surface area contributed by atoms with Crippen LogP contribution in [0.4, 0.5) is 5.69 Å². The predicted molar refractivity (Wildman–Crippen MR) is 71.0 cm³/mol. The van der Waals surface area contributed by atoms with Crippen LogP contribution in [0.15, 0.2) is 24.3 Å². The molecule has 5 nitrogen and oxygen atoms in total. The van der Waals surface area contributed by atoms with Crippen molar-refractivity contribution in [3.05, 3.63) is 24.3 Å². The molecule has 0 spiro atoms. The van der Waals surface area contributed by atoms with E-state index in [-0.39, 0.29) is 18.5 Å². The summed E-state index contributed by atoms with van der Waals surface area (Å²) >= 11 is 0. The van der Waals surface area contributed by atoms with Gasteiger partial charge in [-0.25, -0.2) is 0 Å². The lowest BCUT2D eigenvalue weighted by molar-refractivity contribution is -0.120. The molecule has 2 N–H and O–H groups in total. The number of rotatable bonds is 7. The molecule has 100 valence electrons. The molecule has 1 rings (SSSR count). The van der Waals surface area contributed by atoms with Gasteiger partial charge in [0.05, 0.1) is 20.3 Å². The van der Waals surface area contributed by atoms with E-state index in [1.165, 1.54) is 0 Å². The average molecular weight is 252 g/mol. The molecule has 0 fully saturated rings. The number of benzene rings is 1. The highest BCUT2D eigenvalue weighted by Gasteiger charge is 2.06. The molecule has 0 aromatic heterocycles. The third kappa shape index (κ3) is 5.05. The number of amides is 1. The summed E-state index contributed by atoms with van der Waals surface area (Å²) in [4.78, 5) is 11.6. The fraction of sp³-hybridized carbons (Fsp3) is 0.462. The first-order valence-electron chi connectivity index (χ1n) is 5.82. The number of hydrogen-bond acceptors (Lipinski definition) is 4. The predicted octanol–water partition coefficient (Wildman–Crippen LogP) is 1.26. The SMILES string of the molecule is COCC(C)NC(=O)CNc1ccc(OC)cc1. The first-order chi connectivity index (χ1) is 8.65. The molecule has 1 atom stereocenters. The van der Waals surface area contributed by atoms with Gasteiger partial charge in [-0.1, -0.05) is 0 Å². The molecule has 1 aromatic carbocycles. The average Bonchev–Trinajstić information content (AvgIpc) is 2.37. The van der Waals surface area contributed by atoms with Crippen LogP contribution in [0.1, 0.15) is 6.92 Å². The highest BCUT2D eigenvalue weighted by Crippen LogP contribution is 2.14. The third-order valence-electron chi connectivity index (χ3n) is 2.37. The molecule has 1 aromatic rings. The number of carbonyl (C=O) groups is 1. The molecule has 1 amide bonds. The quantitative estimate of drug-likeness (QED) is 0.767. The van der Waals surface area contributed by atoms with Crippen molar-refractivity contribution in [2.75, 3.05) is 32.7 Å². The van der Waals surface area contributed by atoms with Gasteiger partial charge in [-0.3, -0.25) is 4.79 Å². The minimum absolute atomic E-state index is 0.0140. The zero-order chi connectivity index (χ0) is 13.4. The molecule has 0 saturated heterocycles. The largest absolute Gasteiger partial charge is 0.497 e. The molecule has 0 heterocycles. The smallest absolute Gasteiger partial charge is 0.239 e. The molecule has 0 radical (unpaired) electrons. The van der Waals surface area contributed by atoms with Crippen molar-refractivity contribution >= 4 is 11.6 Å². The van der Waals surface area contributed by atoms with Crippen LogP contribution in [0, 0.1) is 0 Å². The second kappa shape index (κ2) is 7.55. The van der Waals surface area contributed by atoms with E-state index in [1.807, 2.05) is 31.2 Å². The van der Waals surface area contributed by atoms with Gasteiger partial charge in [-0.15, -0.1) is 0 Å². The monoisotopic (exact) mass is 252 g/mol. The summed E-state index contributed by atoms with van der Waals surface area (Å²) in [5.41, 5.74) is 0.880. The number of hydrogen-bond donors (Lipinski definition) is 2. The van der Waals surface area contributed by atoms with Crippen LogP contribution in [-0.2, 0) is 9.53 Å². The molecule has 0 aliphatic carbocycles. The van der Waals surface area contributed by atoms with E-state index >= 15 is 0 Å². The number of carbonyl (C=O) groups excluding carboxylic acids is 1. The normalized spacial score (nSPS) is 11.7. The molecule has 0 aliphatic heterocycles. The summed E-state index contributed by atoms with van der Waals surface area (Å²) in [6.07, 6.45) is 0. The Kier molecular flexibility index (Phi) is 6.00. The van der Waals surface area contributed by atoms with Gasteiger partial charge in [-0.2, -0.15) is 0 Å². The van der Waals surface area contributed by atoms with Crippen LogP contribution >= 0.6 is 0 Å². The highest BCUT2D eigenvalue weighted by atomic mass is 16.5. The van der Waals surface area contributed by atoms with Crippen molar-refractivity contribution < 1.29 is 14.3 Å². The fourth-order valence-electron chi connectivity index (χ4n) is 1.51. The summed E-state index contributed by atoms with van der Waals surface area (Å²) < 4.78 is 10.00. The fourth-order valence-corrected chi connectivity index (χ4v) is 1.51. The summed E-state index contributed by atoms with van der Waals surface area (Å²) in [6, 6.07) is 7.43. The minimum Gasteiger partial charge on any atom is -0.497 e. The van der Waals surface area contributed by atoms with E-state index in [2.05, 4.69) is 10.6 Å². The lowest BCUT2D eigenvalue weighted by Crippen LogP contribution is -2.39. The van der Waals surface area contributed by atoms with Crippen LogP contribution in [0.5, 0.6) is 5.75 Å². The van der Waals surface area contributed by atoms with Crippen molar-refractivity contribution in [3.8, 4) is 5.75 Å². The van der Waals surface area contributed by atoms with Crippen molar-refractivity contribution in [1.29, 1.82) is 0 Å². The molecule has 0 saturated carbocycles. The second-order valence-corrected chi connectivity index (χ2v) is 4.01. The summed E-state index contributed by atoms with van der Waals surface area (Å²) in [5.74, 6) is 0.731. The molecule has 5 heteroatoms. The van der Waals surface area contributed by atoms with Crippen LogP contribution in [0.2, 0.25) is 0 Å². The Hall–Kier alpha value is -1.75. The van der Waals surface area contributed by atoms with Gasteiger partial charge < -0.3 is 20.1 Å². The lowest BCUT2D eigenvalue weighted by atomic mass is 10.3. The first kappa shape index (κ1) is 14.3.